The van der Waals surface area contributed by atoms with Crippen molar-refractivity contribution in [1.29, 1.82) is 0 Å². The second-order valence-corrected chi connectivity index (χ2v) is 4.05. The molecule has 0 saturated heterocycles. The van der Waals surface area contributed by atoms with Gasteiger partial charge in [-0.1, -0.05) is 23.8 Å². The summed E-state index contributed by atoms with van der Waals surface area (Å²) in [5.41, 5.74) is 5.55. The molecule has 0 saturated carbocycles. The van der Waals surface area contributed by atoms with E-state index in [0.29, 0.717) is 0 Å². The number of benzene rings is 1. The van der Waals surface area contributed by atoms with Crippen LogP contribution in [0.4, 0.5) is 0 Å². The van der Waals surface area contributed by atoms with Gasteiger partial charge in [-0.25, -0.2) is 0 Å². The van der Waals surface area contributed by atoms with Crippen molar-refractivity contribution in [2.75, 3.05) is 0 Å². The second kappa shape index (κ2) is 2.74. The number of H-pyrrole nitrogens is 1. The highest BCUT2D eigenvalue weighted by Crippen LogP contribution is 2.29. The van der Waals surface area contributed by atoms with Crippen LogP contribution in [-0.4, -0.2) is 4.98 Å². The van der Waals surface area contributed by atoms with E-state index in [1.165, 1.54) is 40.6 Å². The molecule has 1 N–H and O–H groups in total. The fourth-order valence-corrected chi connectivity index (χ4v) is 2.25. The molecule has 14 heavy (non-hydrogen) atoms. The minimum absolute atomic E-state index is 1.18. The van der Waals surface area contributed by atoms with Gasteiger partial charge in [0.05, 0.1) is 0 Å². The highest BCUT2D eigenvalue weighted by molar-refractivity contribution is 5.88. The Balaban J connectivity index is 2.35. The number of aryl methyl sites for hydroxylation is 1. The molecule has 1 aliphatic carbocycles. The molecule has 2 aromatic rings. The number of allylic oxidation sites excluding steroid dienone is 1. The van der Waals surface area contributed by atoms with Crippen LogP contribution in [-0.2, 0) is 6.42 Å². The quantitative estimate of drug-likeness (QED) is 0.643. The highest BCUT2D eigenvalue weighted by atomic mass is 14.7. The summed E-state index contributed by atoms with van der Waals surface area (Å²) in [5, 5.41) is 1.39. The molecule has 1 aliphatic rings. The average molecular weight is 183 g/mol. The Bertz CT molecular complexity index is 517. The van der Waals surface area contributed by atoms with E-state index in [2.05, 4.69) is 42.2 Å². The Morgan fingerprint density at radius 3 is 2.93 bits per heavy atom. The van der Waals surface area contributed by atoms with Crippen LogP contribution in [0.2, 0.25) is 0 Å². The molecular formula is C13H13N. The number of para-hydroxylation sites is 1. The molecule has 1 nitrogen and oxygen atoms in total. The molecule has 0 atom stereocenters. The summed E-state index contributed by atoms with van der Waals surface area (Å²) >= 11 is 0. The third-order valence-corrected chi connectivity index (χ3v) is 3.01. The fraction of sp³-hybridized carbons (Fsp3) is 0.231. The minimum Gasteiger partial charge on any atom is -0.355 e. The maximum atomic E-state index is 3.47. The maximum absolute atomic E-state index is 3.47. The molecule has 1 heteroatoms. The molecule has 1 aromatic carbocycles. The molecular weight excluding hydrogens is 170 g/mol. The van der Waals surface area contributed by atoms with Crippen LogP contribution in [0, 0.1) is 0 Å². The van der Waals surface area contributed by atoms with Crippen molar-refractivity contribution < 1.29 is 0 Å². The first kappa shape index (κ1) is 7.86. The Morgan fingerprint density at radius 2 is 2.00 bits per heavy atom. The zero-order chi connectivity index (χ0) is 9.54. The number of nitrogens with one attached hydrogen (secondary N) is 1. The van der Waals surface area contributed by atoms with Crippen LogP contribution in [0.5, 0.6) is 0 Å². The summed E-state index contributed by atoms with van der Waals surface area (Å²) in [4.78, 5) is 3.47. The van der Waals surface area contributed by atoms with Gasteiger partial charge in [-0.05, 0) is 37.5 Å². The molecule has 0 bridgehead atoms. The first-order valence-corrected chi connectivity index (χ1v) is 5.11. The van der Waals surface area contributed by atoms with Gasteiger partial charge >= 0.3 is 0 Å². The summed E-state index contributed by atoms with van der Waals surface area (Å²) in [5.74, 6) is 0. The van der Waals surface area contributed by atoms with E-state index in [9.17, 15) is 0 Å². The van der Waals surface area contributed by atoms with Crippen LogP contribution in [0.25, 0.3) is 17.0 Å². The third-order valence-electron chi connectivity index (χ3n) is 3.01. The van der Waals surface area contributed by atoms with Crippen LogP contribution in [0.3, 0.4) is 0 Å². The molecule has 0 fully saturated rings. The summed E-state index contributed by atoms with van der Waals surface area (Å²) in [6, 6.07) is 8.55. The van der Waals surface area contributed by atoms with Crippen molar-refractivity contribution in [3.8, 4) is 0 Å². The van der Waals surface area contributed by atoms with Crippen LogP contribution < -0.4 is 0 Å². The Kier molecular flexibility index (Phi) is 1.54. The predicted molar refractivity (Wildman–Crippen MR) is 60.3 cm³/mol. The van der Waals surface area contributed by atoms with Gasteiger partial charge in [0.25, 0.3) is 0 Å². The lowest BCUT2D eigenvalue weighted by molar-refractivity contribution is 0.932. The predicted octanol–water partition coefficient (Wildman–Crippen LogP) is 3.52. The van der Waals surface area contributed by atoms with E-state index in [-0.39, 0.29) is 0 Å². The lowest BCUT2D eigenvalue weighted by atomic mass is 9.96. The van der Waals surface area contributed by atoms with E-state index < -0.39 is 0 Å². The SMILES string of the molecule is CC1=Cc2[nH]c3ccccc3c2CC1. The molecule has 0 amide bonds. The highest BCUT2D eigenvalue weighted by Gasteiger charge is 2.12. The van der Waals surface area contributed by atoms with Crippen LogP contribution in [0.1, 0.15) is 24.6 Å². The number of aromatic nitrogens is 1. The van der Waals surface area contributed by atoms with Crippen molar-refractivity contribution >= 4 is 17.0 Å². The number of aromatic amines is 1. The van der Waals surface area contributed by atoms with Gasteiger partial charge in [0, 0.05) is 16.6 Å². The van der Waals surface area contributed by atoms with Gasteiger partial charge in [-0.3, -0.25) is 0 Å². The van der Waals surface area contributed by atoms with E-state index in [4.69, 9.17) is 0 Å². The number of rotatable bonds is 0. The van der Waals surface area contributed by atoms with Gasteiger partial charge in [-0.15, -0.1) is 0 Å². The molecule has 0 spiro atoms. The molecule has 3 rings (SSSR count). The summed E-state index contributed by atoms with van der Waals surface area (Å²) < 4.78 is 0. The first-order chi connectivity index (χ1) is 6.84. The van der Waals surface area contributed by atoms with Gasteiger partial charge in [0.2, 0.25) is 0 Å². The molecule has 1 heterocycles. The van der Waals surface area contributed by atoms with E-state index in [1.807, 2.05) is 0 Å². The zero-order valence-electron chi connectivity index (χ0n) is 8.30. The normalized spacial score (nSPS) is 15.4. The lowest BCUT2D eigenvalue weighted by Crippen LogP contribution is -1.94. The van der Waals surface area contributed by atoms with Crippen molar-refractivity contribution in [3.63, 3.8) is 0 Å². The summed E-state index contributed by atoms with van der Waals surface area (Å²) in [7, 11) is 0. The van der Waals surface area contributed by atoms with E-state index >= 15 is 0 Å². The maximum Gasteiger partial charge on any atom is 0.0461 e. The lowest BCUT2D eigenvalue weighted by Gasteiger charge is -2.09. The second-order valence-electron chi connectivity index (χ2n) is 4.05. The minimum atomic E-state index is 1.18. The number of hydrogen-bond acceptors (Lipinski definition) is 0. The Hall–Kier alpha value is -1.50. The number of hydrogen-bond donors (Lipinski definition) is 1. The van der Waals surface area contributed by atoms with Crippen LogP contribution in [0.15, 0.2) is 29.8 Å². The van der Waals surface area contributed by atoms with Crippen molar-refractivity contribution in [3.05, 3.63) is 41.1 Å². The average Bonchev–Trinajstić information content (AvgIpc) is 2.54. The van der Waals surface area contributed by atoms with Gasteiger partial charge < -0.3 is 4.98 Å². The topological polar surface area (TPSA) is 15.8 Å². The zero-order valence-corrected chi connectivity index (χ0v) is 8.30. The first-order valence-electron chi connectivity index (χ1n) is 5.11. The van der Waals surface area contributed by atoms with E-state index in [1.54, 1.807) is 0 Å². The molecule has 0 radical (unpaired) electrons. The monoisotopic (exact) mass is 183 g/mol. The molecule has 0 aliphatic heterocycles. The van der Waals surface area contributed by atoms with Crippen LogP contribution >= 0.6 is 0 Å². The fourth-order valence-electron chi connectivity index (χ4n) is 2.25. The van der Waals surface area contributed by atoms with Crippen molar-refractivity contribution in [2.45, 2.75) is 19.8 Å². The molecule has 70 valence electrons. The van der Waals surface area contributed by atoms with Gasteiger partial charge in [-0.2, -0.15) is 0 Å². The summed E-state index contributed by atoms with van der Waals surface area (Å²) in [6.45, 7) is 2.20. The Morgan fingerprint density at radius 1 is 1.14 bits per heavy atom. The molecule has 1 aromatic heterocycles. The Labute approximate surface area is 83.5 Å². The van der Waals surface area contributed by atoms with Crippen molar-refractivity contribution in [2.24, 2.45) is 0 Å². The smallest absolute Gasteiger partial charge is 0.0461 e. The third kappa shape index (κ3) is 1.02. The largest absolute Gasteiger partial charge is 0.355 e. The number of fused-ring (bicyclic) bond motifs is 3. The van der Waals surface area contributed by atoms with Gasteiger partial charge in [0.1, 0.15) is 0 Å². The van der Waals surface area contributed by atoms with Crippen molar-refractivity contribution in [1.82, 2.24) is 4.98 Å². The summed E-state index contributed by atoms with van der Waals surface area (Å²) in [6.07, 6.45) is 4.66. The standard InChI is InChI=1S/C13H13N/c1-9-6-7-11-10-4-2-3-5-12(10)14-13(11)8-9/h2-5,8,14H,6-7H2,1H3. The van der Waals surface area contributed by atoms with Gasteiger partial charge in [0.15, 0.2) is 0 Å². The molecule has 0 unspecified atom stereocenters. The van der Waals surface area contributed by atoms with E-state index in [0.717, 1.165) is 0 Å².